The van der Waals surface area contributed by atoms with Crippen LogP contribution in [-0.2, 0) is 0 Å². The maximum Gasteiger partial charge on any atom is 0.0468 e. The SMILES string of the molecule is C(=C(c1ccccc1)c1ccccc1)c1ccc(-c2c3ccccc3c(-c3ccc(C=C(c4ccccc4)c4ccccc4)cc3)c3ccccc23)cc1.C(=C\c1ccc(N(c2ccc3ccccc3c2)c2ccc3ccccc3c2)cc1)/c1ccc(N(c2ccc3ccccc3c2)c2ccc3ccccc3c2)cc1. The Morgan fingerprint density at radius 2 is 0.391 bits per heavy atom. The van der Waals surface area contributed by atoms with E-state index in [1.54, 1.807) is 0 Å². The predicted octanol–water partition coefficient (Wildman–Crippen LogP) is 29.9. The summed E-state index contributed by atoms with van der Waals surface area (Å²) in [5.41, 5.74) is 23.6. The van der Waals surface area contributed by atoms with Gasteiger partial charge >= 0.3 is 0 Å². The van der Waals surface area contributed by atoms with E-state index in [-0.39, 0.29) is 0 Å². The summed E-state index contributed by atoms with van der Waals surface area (Å²) >= 11 is 0. The van der Waals surface area contributed by atoms with Crippen molar-refractivity contribution in [2.45, 2.75) is 0 Å². The van der Waals surface area contributed by atoms with E-state index in [2.05, 4.69) is 471 Å². The van der Waals surface area contributed by atoms with Crippen LogP contribution in [0.2, 0.25) is 0 Å². The Labute approximate surface area is 643 Å². The third-order valence-corrected chi connectivity index (χ3v) is 21.0. The van der Waals surface area contributed by atoms with Gasteiger partial charge in [0.25, 0.3) is 0 Å². The molecule has 0 saturated heterocycles. The molecule has 0 aromatic heterocycles. The van der Waals surface area contributed by atoms with Crippen LogP contribution in [0.1, 0.15) is 44.5 Å². The number of fused-ring (bicyclic) bond motifs is 6. The first-order valence-electron chi connectivity index (χ1n) is 37.8. The minimum atomic E-state index is 1.11. The van der Waals surface area contributed by atoms with Crippen molar-refractivity contribution in [3.05, 3.63) is 481 Å². The van der Waals surface area contributed by atoms with E-state index in [0.717, 1.165) is 45.3 Å². The molecule has 0 fully saturated rings. The summed E-state index contributed by atoms with van der Waals surface area (Å²) in [4.78, 5) is 4.70. The fourth-order valence-electron chi connectivity index (χ4n) is 15.5. The smallest absolute Gasteiger partial charge is 0.0468 e. The first-order chi connectivity index (χ1) is 54.5. The van der Waals surface area contributed by atoms with E-state index in [0.29, 0.717) is 0 Å². The summed E-state index contributed by atoms with van der Waals surface area (Å²) in [6.45, 7) is 0. The fraction of sp³-hybridized carbons (Fsp3) is 0. The predicted molar refractivity (Wildman–Crippen MR) is 473 cm³/mol. The highest BCUT2D eigenvalue weighted by molar-refractivity contribution is 6.21. The van der Waals surface area contributed by atoms with Gasteiger partial charge in [-0.05, 0) is 227 Å². The Bertz CT molecular complexity index is 5880. The van der Waals surface area contributed by atoms with Crippen LogP contribution in [0.3, 0.4) is 0 Å². The molecule has 19 aromatic carbocycles. The van der Waals surface area contributed by atoms with E-state index in [1.807, 2.05) is 0 Å². The van der Waals surface area contributed by atoms with Crippen LogP contribution >= 0.6 is 0 Å². The van der Waals surface area contributed by atoms with Crippen LogP contribution in [0.15, 0.2) is 437 Å². The third-order valence-electron chi connectivity index (χ3n) is 21.0. The number of nitrogens with zero attached hydrogens (tertiary/aromatic N) is 2. The van der Waals surface area contributed by atoms with Crippen molar-refractivity contribution < 1.29 is 0 Å². The molecule has 518 valence electrons. The number of anilines is 6. The van der Waals surface area contributed by atoms with Gasteiger partial charge in [0.2, 0.25) is 0 Å². The van der Waals surface area contributed by atoms with Crippen molar-refractivity contribution in [2.24, 2.45) is 0 Å². The first kappa shape index (κ1) is 67.4. The van der Waals surface area contributed by atoms with Crippen molar-refractivity contribution in [2.75, 3.05) is 9.80 Å². The molecule has 0 aliphatic heterocycles. The molecule has 0 unspecified atom stereocenters. The van der Waals surface area contributed by atoms with E-state index >= 15 is 0 Å². The van der Waals surface area contributed by atoms with Gasteiger partial charge in [0.1, 0.15) is 0 Å². The van der Waals surface area contributed by atoms with E-state index < -0.39 is 0 Å². The molecule has 0 atom stereocenters. The number of hydrogen-bond acceptors (Lipinski definition) is 2. The third kappa shape index (κ3) is 14.3. The van der Waals surface area contributed by atoms with Crippen LogP contribution in [-0.4, -0.2) is 0 Å². The zero-order valence-corrected chi connectivity index (χ0v) is 60.8. The van der Waals surface area contributed by atoms with Crippen LogP contribution in [0, 0.1) is 0 Å². The average molecular weight is 1400 g/mol. The molecule has 0 saturated carbocycles. The van der Waals surface area contributed by atoms with Crippen LogP contribution in [0.5, 0.6) is 0 Å². The molecule has 0 N–H and O–H groups in total. The van der Waals surface area contributed by atoms with Gasteiger partial charge in [-0.2, -0.15) is 0 Å². The Hall–Kier alpha value is -14.4. The topological polar surface area (TPSA) is 6.48 Å². The molecule has 19 aromatic rings. The van der Waals surface area contributed by atoms with E-state index in [1.165, 1.54) is 131 Å². The Kier molecular flexibility index (Phi) is 19.0. The summed E-state index contributed by atoms with van der Waals surface area (Å²) in [5, 5.41) is 14.8. The van der Waals surface area contributed by atoms with Gasteiger partial charge in [0.15, 0.2) is 0 Å². The molecule has 110 heavy (non-hydrogen) atoms. The van der Waals surface area contributed by atoms with Crippen molar-refractivity contribution in [3.63, 3.8) is 0 Å². The molecule has 2 nitrogen and oxygen atoms in total. The van der Waals surface area contributed by atoms with Gasteiger partial charge < -0.3 is 9.80 Å². The minimum absolute atomic E-state index is 1.11. The lowest BCUT2D eigenvalue weighted by molar-refractivity contribution is 1.29. The van der Waals surface area contributed by atoms with Crippen molar-refractivity contribution in [1.29, 1.82) is 0 Å². The highest BCUT2D eigenvalue weighted by Gasteiger charge is 2.20. The number of benzene rings is 19. The van der Waals surface area contributed by atoms with E-state index in [9.17, 15) is 0 Å². The number of hydrogen-bond donors (Lipinski definition) is 0. The Balaban J connectivity index is 0.000000154. The zero-order valence-electron chi connectivity index (χ0n) is 60.8. The van der Waals surface area contributed by atoms with Gasteiger partial charge in [0, 0.05) is 34.1 Å². The monoisotopic (exact) mass is 1400 g/mol. The lowest BCUT2D eigenvalue weighted by Crippen LogP contribution is -2.10. The van der Waals surface area contributed by atoms with Crippen LogP contribution < -0.4 is 9.80 Å². The maximum absolute atomic E-state index is 2.35. The Morgan fingerprint density at radius 1 is 0.173 bits per heavy atom. The van der Waals surface area contributed by atoms with Crippen LogP contribution in [0.25, 0.3) is 122 Å². The second-order valence-corrected chi connectivity index (χ2v) is 28.0. The fourth-order valence-corrected chi connectivity index (χ4v) is 15.5. The minimum Gasteiger partial charge on any atom is -0.310 e. The van der Waals surface area contributed by atoms with Gasteiger partial charge in [0.05, 0.1) is 0 Å². The number of rotatable bonds is 16. The van der Waals surface area contributed by atoms with Gasteiger partial charge in [-0.1, -0.05) is 376 Å². The van der Waals surface area contributed by atoms with Crippen LogP contribution in [0.4, 0.5) is 34.1 Å². The molecule has 19 rings (SSSR count). The molecule has 0 amide bonds. The molecule has 0 aliphatic carbocycles. The van der Waals surface area contributed by atoms with Crippen molar-refractivity contribution in [3.8, 4) is 22.3 Å². The molecule has 0 bridgehead atoms. The summed E-state index contributed by atoms with van der Waals surface area (Å²) in [6, 6.07) is 157. The van der Waals surface area contributed by atoms with E-state index in [4.69, 9.17) is 0 Å². The molecular formula is C108H76N2. The van der Waals surface area contributed by atoms with Gasteiger partial charge in [-0.25, -0.2) is 0 Å². The normalized spacial score (nSPS) is 11.2. The standard InChI is InChI=1S/C54H38N2.C54H38/c1-5-13-45-35-51(31-23-41(45)9-1)55(52-32-24-42-10-2-6-14-46(42)36-52)49-27-19-39(20-28-49)17-18-40-21-29-50(30-22-40)56(53-33-25-43-11-3-7-15-47(43)37-53)54-34-26-44-12-4-8-16-48(44)38-54;1-5-17-41(18-6-1)51(42-19-7-2-8-20-42)37-39-29-33-45(34-30-39)53-47-25-13-15-27-49(47)54(50-28-16-14-26-48(50)53)46-35-31-40(32-36-46)38-52(43-21-9-3-10-22-43)44-23-11-4-12-24-44/h1-38H;1-38H/b18-17+;. The molecular weight excluding hydrogens is 1330 g/mol. The second-order valence-electron chi connectivity index (χ2n) is 28.0. The largest absolute Gasteiger partial charge is 0.310 e. The summed E-state index contributed by atoms with van der Waals surface area (Å²) in [7, 11) is 0. The highest BCUT2D eigenvalue weighted by atomic mass is 15.1. The zero-order chi connectivity index (χ0) is 73.4. The molecule has 0 heterocycles. The summed E-state index contributed by atoms with van der Waals surface area (Å²) < 4.78 is 0. The maximum atomic E-state index is 2.35. The van der Waals surface area contributed by atoms with Crippen molar-refractivity contribution >= 4 is 134 Å². The van der Waals surface area contributed by atoms with Gasteiger partial charge in [-0.15, -0.1) is 0 Å². The molecule has 0 aliphatic rings. The lowest BCUT2D eigenvalue weighted by Gasteiger charge is -2.26. The quantitative estimate of drug-likeness (QED) is 0.0703. The summed E-state index contributed by atoms with van der Waals surface area (Å²) in [6.07, 6.45) is 8.99. The van der Waals surface area contributed by atoms with Crippen molar-refractivity contribution in [1.82, 2.24) is 0 Å². The highest BCUT2D eigenvalue weighted by Crippen LogP contribution is 2.46. The second kappa shape index (κ2) is 30.9. The molecule has 0 spiro atoms. The summed E-state index contributed by atoms with van der Waals surface area (Å²) in [5.74, 6) is 0. The Morgan fingerprint density at radius 3 is 0.655 bits per heavy atom. The lowest BCUT2D eigenvalue weighted by atomic mass is 9.85. The average Bonchev–Trinajstić information content (AvgIpc) is 0.729. The molecule has 0 radical (unpaired) electrons. The van der Waals surface area contributed by atoms with Gasteiger partial charge in [-0.3, -0.25) is 0 Å². The molecule has 2 heteroatoms. The first-order valence-corrected chi connectivity index (χ1v) is 37.8.